The fourth-order valence-corrected chi connectivity index (χ4v) is 5.02. The summed E-state index contributed by atoms with van der Waals surface area (Å²) < 4.78 is 33.4. The van der Waals surface area contributed by atoms with Crippen molar-refractivity contribution < 1.29 is 18.3 Å². The largest absolute Gasteiger partial charge is 0.471 e. The van der Waals surface area contributed by atoms with Gasteiger partial charge in [0.1, 0.15) is 6.10 Å². The quantitative estimate of drug-likeness (QED) is 0.848. The molecule has 23 heavy (non-hydrogen) atoms. The predicted octanol–water partition coefficient (Wildman–Crippen LogP) is 2.58. The minimum Gasteiger partial charge on any atom is -0.471 e. The van der Waals surface area contributed by atoms with Crippen molar-refractivity contribution in [2.45, 2.75) is 42.2 Å². The van der Waals surface area contributed by atoms with E-state index in [1.54, 1.807) is 16.7 Å². The first kappa shape index (κ1) is 15.2. The number of alkyl halides is 1. The molecule has 0 N–H and O–H groups in total. The molecule has 1 atom stereocenters. The molecule has 1 aliphatic carbocycles. The summed E-state index contributed by atoms with van der Waals surface area (Å²) >= 11 is 1.73. The molecular weight excluding hydrogens is 322 g/mol. The van der Waals surface area contributed by atoms with Gasteiger partial charge in [0.25, 0.3) is 11.8 Å². The first-order valence-electron chi connectivity index (χ1n) is 7.89. The zero-order valence-corrected chi connectivity index (χ0v) is 13.5. The summed E-state index contributed by atoms with van der Waals surface area (Å²) in [7, 11) is 0. The summed E-state index contributed by atoms with van der Waals surface area (Å²) in [5, 5.41) is 0. The highest BCUT2D eigenvalue weighted by Crippen LogP contribution is 2.48. The standard InChI is InChI=1S/C16H18F2N2O2S/c17-12-3-1-6-19-13(12)22-11-7-15(23-8-11)9-20(10-15)14(21)16(18)4-2-5-16/h1,3,6,11H,2,4-5,7-10H2. The number of thioether (sulfide) groups is 1. The molecular formula is C16H18F2N2O2S. The lowest BCUT2D eigenvalue weighted by molar-refractivity contribution is -0.155. The fourth-order valence-electron chi connectivity index (χ4n) is 3.49. The fraction of sp³-hybridized carbons (Fsp3) is 0.625. The van der Waals surface area contributed by atoms with Gasteiger partial charge in [-0.2, -0.15) is 0 Å². The van der Waals surface area contributed by atoms with Crippen molar-refractivity contribution in [2.24, 2.45) is 0 Å². The Balaban J connectivity index is 1.33. The van der Waals surface area contributed by atoms with Crippen molar-refractivity contribution in [3.63, 3.8) is 0 Å². The molecule has 3 aliphatic rings. The topological polar surface area (TPSA) is 42.4 Å². The summed E-state index contributed by atoms with van der Waals surface area (Å²) in [6, 6.07) is 2.85. The lowest BCUT2D eigenvalue weighted by atomic mass is 9.79. The Morgan fingerprint density at radius 1 is 1.43 bits per heavy atom. The minimum absolute atomic E-state index is 0.0274. The van der Waals surface area contributed by atoms with E-state index in [1.165, 1.54) is 18.3 Å². The average Bonchev–Trinajstić information content (AvgIpc) is 2.89. The number of carbonyl (C=O) groups is 1. The molecule has 3 fully saturated rings. The van der Waals surface area contributed by atoms with Crippen molar-refractivity contribution in [3.8, 4) is 5.88 Å². The van der Waals surface area contributed by atoms with Crippen molar-refractivity contribution in [3.05, 3.63) is 24.1 Å². The number of likely N-dealkylation sites (tertiary alicyclic amines) is 1. The third-order valence-electron chi connectivity index (χ3n) is 4.95. The second kappa shape index (κ2) is 5.33. The van der Waals surface area contributed by atoms with Gasteiger partial charge in [0.2, 0.25) is 0 Å². The summed E-state index contributed by atoms with van der Waals surface area (Å²) in [5.74, 6) is -0.0540. The molecule has 3 heterocycles. The van der Waals surface area contributed by atoms with Gasteiger partial charge in [-0.05, 0) is 31.4 Å². The van der Waals surface area contributed by atoms with Crippen LogP contribution in [-0.2, 0) is 4.79 Å². The average molecular weight is 340 g/mol. The first-order chi connectivity index (χ1) is 11.0. The smallest absolute Gasteiger partial charge is 0.260 e. The number of ether oxygens (including phenoxy) is 1. The predicted molar refractivity (Wildman–Crippen MR) is 82.7 cm³/mol. The summed E-state index contributed by atoms with van der Waals surface area (Å²) in [4.78, 5) is 17.7. The highest BCUT2D eigenvalue weighted by atomic mass is 32.2. The third-order valence-corrected chi connectivity index (χ3v) is 6.53. The molecule has 0 radical (unpaired) electrons. The van der Waals surface area contributed by atoms with Crippen LogP contribution in [0.4, 0.5) is 8.78 Å². The summed E-state index contributed by atoms with van der Waals surface area (Å²) in [5.41, 5.74) is -1.61. The van der Waals surface area contributed by atoms with Crippen LogP contribution in [0.3, 0.4) is 0 Å². The van der Waals surface area contributed by atoms with Gasteiger partial charge in [-0.3, -0.25) is 4.79 Å². The van der Waals surface area contributed by atoms with Crippen LogP contribution in [0.5, 0.6) is 5.88 Å². The van der Waals surface area contributed by atoms with Crippen LogP contribution >= 0.6 is 11.8 Å². The zero-order valence-electron chi connectivity index (χ0n) is 12.6. The number of nitrogens with zero attached hydrogens (tertiary/aromatic N) is 2. The van der Waals surface area contributed by atoms with E-state index >= 15 is 0 Å². The van der Waals surface area contributed by atoms with Gasteiger partial charge >= 0.3 is 0 Å². The molecule has 2 aliphatic heterocycles. The normalized spacial score (nSPS) is 27.4. The molecule has 1 aromatic heterocycles. The monoisotopic (exact) mass is 340 g/mol. The number of amides is 1. The van der Waals surface area contributed by atoms with Crippen LogP contribution in [0.15, 0.2) is 18.3 Å². The van der Waals surface area contributed by atoms with Gasteiger partial charge in [-0.15, -0.1) is 11.8 Å². The molecule has 4 rings (SSSR count). The maximum Gasteiger partial charge on any atom is 0.260 e. The Bertz CT molecular complexity index is 632. The van der Waals surface area contributed by atoms with Gasteiger partial charge in [0.05, 0.1) is 4.75 Å². The summed E-state index contributed by atoms with van der Waals surface area (Å²) in [6.45, 7) is 1.12. The number of hydrogen-bond donors (Lipinski definition) is 0. The van der Waals surface area contributed by atoms with E-state index in [1.807, 2.05) is 0 Å². The Labute approximate surface area is 137 Å². The van der Waals surface area contributed by atoms with Crippen LogP contribution < -0.4 is 4.74 Å². The van der Waals surface area contributed by atoms with E-state index in [0.717, 1.165) is 18.6 Å². The van der Waals surface area contributed by atoms with Crippen molar-refractivity contribution in [2.75, 3.05) is 18.8 Å². The van der Waals surface area contributed by atoms with Gasteiger partial charge in [-0.25, -0.2) is 13.8 Å². The first-order valence-corrected chi connectivity index (χ1v) is 8.88. The number of halogens is 2. The number of rotatable bonds is 3. The Kier molecular flexibility index (Phi) is 3.51. The van der Waals surface area contributed by atoms with Gasteiger partial charge in [0.15, 0.2) is 11.5 Å². The van der Waals surface area contributed by atoms with E-state index < -0.39 is 11.5 Å². The molecule has 1 unspecified atom stereocenters. The summed E-state index contributed by atoms with van der Waals surface area (Å²) in [6.07, 6.45) is 3.61. The van der Waals surface area contributed by atoms with E-state index in [4.69, 9.17) is 4.74 Å². The lowest BCUT2D eigenvalue weighted by Gasteiger charge is -2.50. The van der Waals surface area contributed by atoms with Gasteiger partial charge in [0, 0.05) is 31.5 Å². The maximum atomic E-state index is 14.2. The molecule has 4 nitrogen and oxygen atoms in total. The van der Waals surface area contributed by atoms with Crippen molar-refractivity contribution in [1.82, 2.24) is 9.88 Å². The van der Waals surface area contributed by atoms with E-state index in [-0.39, 0.29) is 22.6 Å². The number of aromatic nitrogens is 1. The van der Waals surface area contributed by atoms with E-state index in [2.05, 4.69) is 4.98 Å². The van der Waals surface area contributed by atoms with Crippen molar-refractivity contribution >= 4 is 17.7 Å². The Morgan fingerprint density at radius 3 is 2.87 bits per heavy atom. The van der Waals surface area contributed by atoms with Crippen LogP contribution in [0, 0.1) is 5.82 Å². The molecule has 0 bridgehead atoms. The number of pyridine rings is 1. The molecule has 1 spiro atoms. The molecule has 1 saturated carbocycles. The van der Waals surface area contributed by atoms with Crippen LogP contribution in [0.25, 0.3) is 0 Å². The maximum absolute atomic E-state index is 14.2. The zero-order chi connectivity index (χ0) is 16.1. The van der Waals surface area contributed by atoms with Gasteiger partial charge in [-0.1, -0.05) is 0 Å². The van der Waals surface area contributed by atoms with Gasteiger partial charge < -0.3 is 9.64 Å². The lowest BCUT2D eigenvalue weighted by Crippen LogP contribution is -2.65. The Hall–Kier alpha value is -1.37. The highest BCUT2D eigenvalue weighted by molar-refractivity contribution is 8.01. The highest BCUT2D eigenvalue weighted by Gasteiger charge is 2.56. The van der Waals surface area contributed by atoms with Crippen LogP contribution in [0.2, 0.25) is 0 Å². The second-order valence-electron chi connectivity index (χ2n) is 6.71. The molecule has 0 aromatic carbocycles. The Morgan fingerprint density at radius 2 is 2.22 bits per heavy atom. The van der Waals surface area contributed by atoms with E-state index in [9.17, 15) is 13.6 Å². The minimum atomic E-state index is -1.61. The third kappa shape index (κ3) is 2.58. The van der Waals surface area contributed by atoms with Crippen LogP contribution in [0.1, 0.15) is 25.7 Å². The number of carbonyl (C=O) groups excluding carboxylic acids is 1. The SMILES string of the molecule is O=C(N1CC2(CC(Oc3ncccc3F)CS2)C1)C1(F)CCC1. The van der Waals surface area contributed by atoms with E-state index in [0.29, 0.717) is 25.9 Å². The molecule has 7 heteroatoms. The molecule has 1 aromatic rings. The molecule has 2 saturated heterocycles. The number of hydrogen-bond acceptors (Lipinski definition) is 4. The molecule has 124 valence electrons. The van der Waals surface area contributed by atoms with Crippen molar-refractivity contribution in [1.29, 1.82) is 0 Å². The van der Waals surface area contributed by atoms with Crippen LogP contribution in [-0.4, -0.2) is 51.2 Å². The molecule has 1 amide bonds. The second-order valence-corrected chi connectivity index (χ2v) is 8.20.